The molecule has 0 spiro atoms. The molecule has 0 aliphatic carbocycles. The van der Waals surface area contributed by atoms with Gasteiger partial charge in [-0.2, -0.15) is 13.1 Å². The molecule has 1 aliphatic rings. The van der Waals surface area contributed by atoms with E-state index >= 15 is 0 Å². The minimum absolute atomic E-state index is 0.0666. The number of fused-ring (bicyclic) bond motifs is 1. The van der Waals surface area contributed by atoms with Gasteiger partial charge in [-0.05, 0) is 30.9 Å². The van der Waals surface area contributed by atoms with Crippen molar-refractivity contribution in [2.45, 2.75) is 31.6 Å². The van der Waals surface area contributed by atoms with Crippen molar-refractivity contribution in [2.75, 3.05) is 26.2 Å². The van der Waals surface area contributed by atoms with Crippen LogP contribution in [0.2, 0.25) is 0 Å². The summed E-state index contributed by atoms with van der Waals surface area (Å²) in [7, 11) is -3.71. The van der Waals surface area contributed by atoms with Crippen LogP contribution in [-0.2, 0) is 19.6 Å². The Labute approximate surface area is 174 Å². The monoisotopic (exact) mass is 439 g/mol. The summed E-state index contributed by atoms with van der Waals surface area (Å²) in [6, 6.07) is 4.92. The summed E-state index contributed by atoms with van der Waals surface area (Å²) in [5.41, 5.74) is 0.936. The largest absolute Gasteiger partial charge is 0.354 e. The third-order valence-corrected chi connectivity index (χ3v) is 7.29. The van der Waals surface area contributed by atoms with Crippen LogP contribution in [0, 0.1) is 11.8 Å². The highest BCUT2D eigenvalue weighted by atomic mass is 32.2. The third kappa shape index (κ3) is 5.09. The molecule has 2 aromatic rings. The van der Waals surface area contributed by atoms with Gasteiger partial charge in [0.1, 0.15) is 15.9 Å². The number of amides is 2. The Morgan fingerprint density at radius 2 is 1.93 bits per heavy atom. The van der Waals surface area contributed by atoms with Gasteiger partial charge >= 0.3 is 0 Å². The van der Waals surface area contributed by atoms with Gasteiger partial charge in [-0.3, -0.25) is 9.59 Å². The van der Waals surface area contributed by atoms with Crippen molar-refractivity contribution in [3.63, 3.8) is 0 Å². The zero-order chi connectivity index (χ0) is 21.0. The summed E-state index contributed by atoms with van der Waals surface area (Å²) in [6.45, 7) is 4.97. The van der Waals surface area contributed by atoms with Gasteiger partial charge in [-0.25, -0.2) is 8.42 Å². The summed E-state index contributed by atoms with van der Waals surface area (Å²) in [4.78, 5) is 24.2. The zero-order valence-electron chi connectivity index (χ0n) is 16.4. The van der Waals surface area contributed by atoms with Crippen molar-refractivity contribution in [1.29, 1.82) is 0 Å². The van der Waals surface area contributed by atoms with Crippen molar-refractivity contribution < 1.29 is 18.0 Å². The SMILES string of the molecule is CC(C)CNC(=O)CNC(=O)C1CCN(S(=O)(=O)c2cccc3nsnc23)CC1. The van der Waals surface area contributed by atoms with Gasteiger partial charge in [0.15, 0.2) is 0 Å². The lowest BCUT2D eigenvalue weighted by Crippen LogP contribution is -2.45. The standard InChI is InChI=1S/C18H25N5O4S2/c1-12(2)10-19-16(24)11-20-18(25)13-6-8-23(9-7-13)29(26,27)15-5-3-4-14-17(15)22-28-21-14/h3-5,12-13H,6-11H2,1-2H3,(H,19,24)(H,20,25). The van der Waals surface area contributed by atoms with Gasteiger partial charge in [-0.1, -0.05) is 19.9 Å². The highest BCUT2D eigenvalue weighted by Crippen LogP contribution is 2.28. The highest BCUT2D eigenvalue weighted by Gasteiger charge is 2.33. The predicted molar refractivity (Wildman–Crippen MR) is 110 cm³/mol. The molecule has 29 heavy (non-hydrogen) atoms. The van der Waals surface area contributed by atoms with Crippen molar-refractivity contribution in [3.8, 4) is 0 Å². The summed E-state index contributed by atoms with van der Waals surface area (Å²) < 4.78 is 35.6. The molecule has 0 unspecified atom stereocenters. The smallest absolute Gasteiger partial charge is 0.245 e. The fourth-order valence-corrected chi connectivity index (χ4v) is 5.40. The van der Waals surface area contributed by atoms with Crippen LogP contribution in [0.5, 0.6) is 0 Å². The van der Waals surface area contributed by atoms with E-state index in [2.05, 4.69) is 19.4 Å². The molecule has 9 nitrogen and oxygen atoms in total. The molecule has 2 amide bonds. The van der Waals surface area contributed by atoms with E-state index in [9.17, 15) is 18.0 Å². The molecule has 3 rings (SSSR count). The van der Waals surface area contributed by atoms with E-state index in [1.54, 1.807) is 12.1 Å². The quantitative estimate of drug-likeness (QED) is 0.663. The average Bonchev–Trinajstić information content (AvgIpc) is 3.19. The van der Waals surface area contributed by atoms with E-state index in [-0.39, 0.29) is 42.3 Å². The molecule has 1 saturated heterocycles. The first-order valence-corrected chi connectivity index (χ1v) is 11.7. The van der Waals surface area contributed by atoms with Crippen molar-refractivity contribution in [3.05, 3.63) is 18.2 Å². The van der Waals surface area contributed by atoms with Crippen LogP contribution in [0.25, 0.3) is 11.0 Å². The van der Waals surface area contributed by atoms with Crippen molar-refractivity contribution >= 4 is 44.6 Å². The van der Waals surface area contributed by atoms with Crippen molar-refractivity contribution in [1.82, 2.24) is 23.7 Å². The Balaban J connectivity index is 1.55. The molecule has 0 bridgehead atoms. The van der Waals surface area contributed by atoms with Gasteiger partial charge in [0, 0.05) is 25.6 Å². The molecule has 0 saturated carbocycles. The molecular weight excluding hydrogens is 414 g/mol. The predicted octanol–water partition coefficient (Wildman–Crippen LogP) is 0.980. The summed E-state index contributed by atoms with van der Waals surface area (Å²) in [5.74, 6) is -0.410. The van der Waals surface area contributed by atoms with Crippen LogP contribution in [0.15, 0.2) is 23.1 Å². The minimum Gasteiger partial charge on any atom is -0.354 e. The fraction of sp³-hybridized carbons (Fsp3) is 0.556. The van der Waals surface area contributed by atoms with Crippen LogP contribution < -0.4 is 10.6 Å². The zero-order valence-corrected chi connectivity index (χ0v) is 18.1. The Morgan fingerprint density at radius 3 is 2.62 bits per heavy atom. The maximum Gasteiger partial charge on any atom is 0.245 e. The van der Waals surface area contributed by atoms with E-state index in [4.69, 9.17) is 0 Å². The molecule has 1 aromatic carbocycles. The molecule has 1 aliphatic heterocycles. The Morgan fingerprint density at radius 1 is 1.21 bits per heavy atom. The topological polar surface area (TPSA) is 121 Å². The molecule has 158 valence electrons. The number of sulfonamides is 1. The molecule has 2 heterocycles. The van der Waals surface area contributed by atoms with E-state index in [1.165, 1.54) is 10.4 Å². The van der Waals surface area contributed by atoms with Crippen LogP contribution in [0.1, 0.15) is 26.7 Å². The number of nitrogens with one attached hydrogen (secondary N) is 2. The Hall–Kier alpha value is -2.11. The number of benzene rings is 1. The lowest BCUT2D eigenvalue weighted by Gasteiger charge is -2.30. The molecule has 11 heteroatoms. The molecule has 2 N–H and O–H groups in total. The maximum absolute atomic E-state index is 13.0. The number of aromatic nitrogens is 2. The van der Waals surface area contributed by atoms with Crippen LogP contribution in [-0.4, -0.2) is 59.5 Å². The number of hydrogen-bond acceptors (Lipinski definition) is 7. The number of nitrogens with zero attached hydrogens (tertiary/aromatic N) is 3. The van der Waals surface area contributed by atoms with Gasteiger partial charge in [-0.15, -0.1) is 0 Å². The molecule has 1 fully saturated rings. The maximum atomic E-state index is 13.0. The van der Waals surface area contributed by atoms with Gasteiger partial charge in [0.2, 0.25) is 21.8 Å². The molecule has 0 atom stereocenters. The normalized spacial score (nSPS) is 16.2. The number of carbonyl (C=O) groups is 2. The number of piperidine rings is 1. The Kier molecular flexibility index (Phi) is 6.81. The van der Waals surface area contributed by atoms with E-state index < -0.39 is 10.0 Å². The number of rotatable bonds is 7. The minimum atomic E-state index is -3.71. The van der Waals surface area contributed by atoms with E-state index in [0.717, 1.165) is 11.7 Å². The summed E-state index contributed by atoms with van der Waals surface area (Å²) in [6.07, 6.45) is 0.813. The van der Waals surface area contributed by atoms with Crippen molar-refractivity contribution in [2.24, 2.45) is 11.8 Å². The Bertz CT molecular complexity index is 981. The lowest BCUT2D eigenvalue weighted by atomic mass is 9.97. The lowest BCUT2D eigenvalue weighted by molar-refractivity contribution is -0.129. The van der Waals surface area contributed by atoms with Gasteiger partial charge < -0.3 is 10.6 Å². The molecule has 0 radical (unpaired) electrons. The van der Waals surface area contributed by atoms with Crippen LogP contribution >= 0.6 is 11.7 Å². The fourth-order valence-electron chi connectivity index (χ4n) is 3.18. The number of hydrogen-bond donors (Lipinski definition) is 2. The second-order valence-electron chi connectivity index (χ2n) is 7.48. The second-order valence-corrected chi connectivity index (χ2v) is 9.92. The molecule has 1 aromatic heterocycles. The average molecular weight is 440 g/mol. The number of carbonyl (C=O) groups excluding carboxylic acids is 2. The highest BCUT2D eigenvalue weighted by molar-refractivity contribution is 7.89. The second kappa shape index (κ2) is 9.14. The summed E-state index contributed by atoms with van der Waals surface area (Å²) in [5, 5.41) is 5.39. The first-order chi connectivity index (χ1) is 13.8. The van der Waals surface area contributed by atoms with E-state index in [0.29, 0.717) is 36.3 Å². The molecular formula is C18H25N5O4S2. The van der Waals surface area contributed by atoms with E-state index in [1.807, 2.05) is 13.8 Å². The third-order valence-electron chi connectivity index (χ3n) is 4.82. The van der Waals surface area contributed by atoms with Crippen LogP contribution in [0.3, 0.4) is 0 Å². The first kappa shape index (κ1) is 21.6. The first-order valence-electron chi connectivity index (χ1n) is 9.55. The van der Waals surface area contributed by atoms with Gasteiger partial charge in [0.25, 0.3) is 0 Å². The van der Waals surface area contributed by atoms with Crippen LogP contribution in [0.4, 0.5) is 0 Å². The summed E-state index contributed by atoms with van der Waals surface area (Å²) >= 11 is 0.978. The van der Waals surface area contributed by atoms with Gasteiger partial charge in [0.05, 0.1) is 18.3 Å².